The van der Waals surface area contributed by atoms with E-state index in [9.17, 15) is 4.39 Å². The van der Waals surface area contributed by atoms with Crippen molar-refractivity contribution in [2.75, 3.05) is 5.32 Å². The van der Waals surface area contributed by atoms with Crippen LogP contribution in [0.5, 0.6) is 0 Å². The van der Waals surface area contributed by atoms with Crippen molar-refractivity contribution in [3.8, 4) is 0 Å². The molecule has 2 aromatic carbocycles. The van der Waals surface area contributed by atoms with E-state index in [0.29, 0.717) is 5.11 Å². The molecule has 0 fully saturated rings. The number of anilines is 1. The summed E-state index contributed by atoms with van der Waals surface area (Å²) in [4.78, 5) is 0. The third-order valence-electron chi connectivity index (χ3n) is 3.62. The lowest BCUT2D eigenvalue weighted by Gasteiger charge is -2.22. The molecule has 0 aliphatic rings. The van der Waals surface area contributed by atoms with Crippen LogP contribution in [-0.2, 0) is 0 Å². The van der Waals surface area contributed by atoms with E-state index in [1.54, 1.807) is 12.1 Å². The van der Waals surface area contributed by atoms with Gasteiger partial charge in [-0.25, -0.2) is 4.39 Å². The Labute approximate surface area is 136 Å². The molecule has 22 heavy (non-hydrogen) atoms. The molecule has 0 saturated heterocycles. The predicted molar refractivity (Wildman–Crippen MR) is 94.7 cm³/mol. The minimum Gasteiger partial charge on any atom is -0.356 e. The van der Waals surface area contributed by atoms with Gasteiger partial charge in [-0.1, -0.05) is 30.7 Å². The fourth-order valence-corrected chi connectivity index (χ4v) is 2.74. The van der Waals surface area contributed by atoms with Crippen molar-refractivity contribution < 1.29 is 4.39 Å². The molecule has 0 heterocycles. The Morgan fingerprint density at radius 2 is 1.82 bits per heavy atom. The Kier molecular flexibility index (Phi) is 5.50. The normalized spacial score (nSPS) is 11.8. The lowest BCUT2D eigenvalue weighted by molar-refractivity contribution is 0.624. The molecule has 116 valence electrons. The fourth-order valence-electron chi connectivity index (χ4n) is 2.47. The van der Waals surface area contributed by atoms with Crippen LogP contribution in [0.3, 0.4) is 0 Å². The lowest BCUT2D eigenvalue weighted by Crippen LogP contribution is -2.32. The van der Waals surface area contributed by atoms with E-state index >= 15 is 0 Å². The lowest BCUT2D eigenvalue weighted by atomic mass is 9.98. The van der Waals surface area contributed by atoms with Crippen LogP contribution in [0.15, 0.2) is 42.5 Å². The summed E-state index contributed by atoms with van der Waals surface area (Å²) in [7, 11) is 0. The zero-order chi connectivity index (χ0) is 16.1. The maximum atomic E-state index is 12.9. The summed E-state index contributed by atoms with van der Waals surface area (Å²) >= 11 is 5.36. The Hall–Kier alpha value is -1.94. The Morgan fingerprint density at radius 3 is 2.41 bits per heavy atom. The molecule has 0 amide bonds. The number of nitrogens with one attached hydrogen (secondary N) is 2. The molecule has 2 nitrogen and oxygen atoms in total. The summed E-state index contributed by atoms with van der Waals surface area (Å²) in [5.74, 6) is -0.258. The highest BCUT2D eigenvalue weighted by atomic mass is 32.1. The number of rotatable bonds is 4. The number of hydrogen-bond acceptors (Lipinski definition) is 1. The van der Waals surface area contributed by atoms with E-state index in [0.717, 1.165) is 12.1 Å². The number of aryl methyl sites for hydroxylation is 2. The number of thiocarbonyl (C=S) groups is 1. The van der Waals surface area contributed by atoms with E-state index in [-0.39, 0.29) is 11.9 Å². The highest BCUT2D eigenvalue weighted by Gasteiger charge is 2.13. The minimum atomic E-state index is -0.258. The van der Waals surface area contributed by atoms with Gasteiger partial charge in [0, 0.05) is 5.69 Å². The predicted octanol–water partition coefficient (Wildman–Crippen LogP) is 4.88. The first-order valence-electron chi connectivity index (χ1n) is 7.40. The van der Waals surface area contributed by atoms with E-state index < -0.39 is 0 Å². The summed E-state index contributed by atoms with van der Waals surface area (Å²) in [6, 6.07) is 12.7. The second kappa shape index (κ2) is 7.36. The summed E-state index contributed by atoms with van der Waals surface area (Å²) in [6.07, 6.45) is 0.926. The van der Waals surface area contributed by atoms with Gasteiger partial charge in [-0.2, -0.15) is 0 Å². The van der Waals surface area contributed by atoms with Crippen molar-refractivity contribution in [2.45, 2.75) is 33.2 Å². The summed E-state index contributed by atoms with van der Waals surface area (Å²) in [6.45, 7) is 6.33. The molecule has 0 aliphatic carbocycles. The van der Waals surface area contributed by atoms with Gasteiger partial charge >= 0.3 is 0 Å². The van der Waals surface area contributed by atoms with Gasteiger partial charge in [-0.15, -0.1) is 0 Å². The molecule has 0 spiro atoms. The molecule has 0 radical (unpaired) electrons. The maximum absolute atomic E-state index is 12.9. The standard InChI is InChI=1S/C18H21FN2S/c1-4-17(16-10-5-12(2)11-13(16)3)21-18(22)20-15-8-6-14(19)7-9-15/h5-11,17H,4H2,1-3H3,(H2,20,21,22). The maximum Gasteiger partial charge on any atom is 0.171 e. The zero-order valence-electron chi connectivity index (χ0n) is 13.1. The van der Waals surface area contributed by atoms with E-state index in [1.807, 2.05) is 0 Å². The van der Waals surface area contributed by atoms with Gasteiger partial charge in [0.1, 0.15) is 5.82 Å². The van der Waals surface area contributed by atoms with Crippen molar-refractivity contribution in [2.24, 2.45) is 0 Å². The van der Waals surface area contributed by atoms with Gasteiger partial charge in [0.05, 0.1) is 6.04 Å². The summed E-state index contributed by atoms with van der Waals surface area (Å²) in [5.41, 5.74) is 4.53. The molecule has 2 rings (SSSR count). The minimum absolute atomic E-state index is 0.154. The largest absolute Gasteiger partial charge is 0.356 e. The third-order valence-corrected chi connectivity index (χ3v) is 3.84. The Bertz CT molecular complexity index is 653. The molecular formula is C18H21FN2S. The summed E-state index contributed by atoms with van der Waals surface area (Å²) < 4.78 is 12.9. The molecule has 0 bridgehead atoms. The second-order valence-electron chi connectivity index (χ2n) is 5.43. The summed E-state index contributed by atoms with van der Waals surface area (Å²) in [5, 5.41) is 6.96. The van der Waals surface area contributed by atoms with Gasteiger partial charge in [-0.05, 0) is 67.9 Å². The van der Waals surface area contributed by atoms with Gasteiger partial charge in [0.15, 0.2) is 5.11 Å². The Balaban J connectivity index is 2.06. The van der Waals surface area contributed by atoms with Gasteiger partial charge in [-0.3, -0.25) is 0 Å². The van der Waals surface area contributed by atoms with Crippen LogP contribution >= 0.6 is 12.2 Å². The van der Waals surface area contributed by atoms with Crippen LogP contribution in [0.1, 0.15) is 36.1 Å². The van der Waals surface area contributed by atoms with Crippen LogP contribution < -0.4 is 10.6 Å². The fraction of sp³-hybridized carbons (Fsp3) is 0.278. The zero-order valence-corrected chi connectivity index (χ0v) is 13.9. The van der Waals surface area contributed by atoms with Crippen LogP contribution in [-0.4, -0.2) is 5.11 Å². The molecule has 2 N–H and O–H groups in total. The molecule has 0 aromatic heterocycles. The number of hydrogen-bond donors (Lipinski definition) is 2. The molecule has 4 heteroatoms. The van der Waals surface area contributed by atoms with Crippen molar-refractivity contribution in [3.05, 3.63) is 65.0 Å². The first-order chi connectivity index (χ1) is 10.5. The highest BCUT2D eigenvalue weighted by molar-refractivity contribution is 7.80. The molecule has 1 atom stereocenters. The van der Waals surface area contributed by atoms with Crippen LogP contribution in [0.25, 0.3) is 0 Å². The van der Waals surface area contributed by atoms with E-state index in [2.05, 4.69) is 49.6 Å². The molecule has 0 saturated carbocycles. The van der Waals surface area contributed by atoms with Crippen molar-refractivity contribution in [1.29, 1.82) is 0 Å². The molecule has 1 unspecified atom stereocenters. The first-order valence-corrected chi connectivity index (χ1v) is 7.80. The van der Waals surface area contributed by atoms with Crippen LogP contribution in [0.2, 0.25) is 0 Å². The molecule has 0 aliphatic heterocycles. The van der Waals surface area contributed by atoms with Crippen LogP contribution in [0.4, 0.5) is 10.1 Å². The topological polar surface area (TPSA) is 24.1 Å². The quantitative estimate of drug-likeness (QED) is 0.786. The van der Waals surface area contributed by atoms with Crippen molar-refractivity contribution in [3.63, 3.8) is 0 Å². The van der Waals surface area contributed by atoms with Gasteiger partial charge < -0.3 is 10.6 Å². The van der Waals surface area contributed by atoms with Gasteiger partial charge in [0.2, 0.25) is 0 Å². The monoisotopic (exact) mass is 316 g/mol. The van der Waals surface area contributed by atoms with Crippen molar-refractivity contribution in [1.82, 2.24) is 5.32 Å². The number of halogens is 1. The second-order valence-corrected chi connectivity index (χ2v) is 5.83. The van der Waals surface area contributed by atoms with E-state index in [1.165, 1.54) is 28.8 Å². The smallest absolute Gasteiger partial charge is 0.171 e. The molecule has 2 aromatic rings. The van der Waals surface area contributed by atoms with Crippen molar-refractivity contribution >= 4 is 23.0 Å². The van der Waals surface area contributed by atoms with Crippen LogP contribution in [0, 0.1) is 19.7 Å². The third kappa shape index (κ3) is 4.28. The number of benzene rings is 2. The SMILES string of the molecule is CCC(NC(=S)Nc1ccc(F)cc1)c1ccc(C)cc1C. The Morgan fingerprint density at radius 1 is 1.14 bits per heavy atom. The average Bonchev–Trinajstić information content (AvgIpc) is 2.48. The highest BCUT2D eigenvalue weighted by Crippen LogP contribution is 2.22. The van der Waals surface area contributed by atoms with Gasteiger partial charge in [0.25, 0.3) is 0 Å². The molecular weight excluding hydrogens is 295 g/mol. The average molecular weight is 316 g/mol. The first kappa shape index (κ1) is 16.4. The van der Waals surface area contributed by atoms with E-state index in [4.69, 9.17) is 12.2 Å².